The molecule has 0 N–H and O–H groups in total. The Kier molecular flexibility index (Phi) is 59.7. The van der Waals surface area contributed by atoms with Crippen LogP contribution in [0.4, 0.5) is 0 Å². The van der Waals surface area contributed by atoms with Crippen molar-refractivity contribution >= 4 is 17.9 Å². The first-order valence-electron chi connectivity index (χ1n) is 31.9. The van der Waals surface area contributed by atoms with Crippen LogP contribution in [0.5, 0.6) is 0 Å². The molecule has 0 fully saturated rings. The summed E-state index contributed by atoms with van der Waals surface area (Å²) >= 11 is 0. The lowest BCUT2D eigenvalue weighted by atomic mass is 10.0. The highest BCUT2D eigenvalue weighted by Crippen LogP contribution is 2.17. The predicted octanol–water partition coefficient (Wildman–Crippen LogP) is 21.7. The molecule has 0 aromatic heterocycles. The quantitative estimate of drug-likeness (QED) is 0.0261. The minimum atomic E-state index is -0.801. The number of allylic oxidation sites excluding steroid dienone is 12. The van der Waals surface area contributed by atoms with Crippen molar-refractivity contribution in [2.75, 3.05) is 13.2 Å². The molecule has 0 aromatic rings. The largest absolute Gasteiger partial charge is 0.462 e. The topological polar surface area (TPSA) is 78.9 Å². The van der Waals surface area contributed by atoms with Crippen molar-refractivity contribution < 1.29 is 28.6 Å². The SMILES string of the molecule is CC/C=C\C/C=C\C/C=C\C/C=C\CCC(=O)OCC(COC(=O)CCCCCCCCCCCCCCCCCCC/C=C\C/C=C\CCCCCCC)OC(=O)CCCCCCCCCCCCCCCC. The molecule has 74 heavy (non-hydrogen) atoms. The normalized spacial score (nSPS) is 12.5. The van der Waals surface area contributed by atoms with Crippen LogP contribution in [0.2, 0.25) is 0 Å². The standard InChI is InChI=1S/C68H120O6/c1-4-7-10-13-16-19-22-25-27-28-29-30-31-32-33-34-35-36-37-38-39-40-41-44-46-49-52-55-58-61-67(70)73-64-65(63-72-66(69)60-57-54-51-48-45-42-24-21-18-15-12-9-6-3)74-68(71)62-59-56-53-50-47-43-26-23-20-17-14-11-8-5-2/h9,12,18,21-22,25,28-29,42,45,51,54,65H,4-8,10-11,13-17,19-20,23-24,26-27,30-41,43-44,46-50,52-53,55-64H2,1-3H3/b12-9-,21-18-,25-22-,29-28-,45-42-,54-51-. The molecule has 6 heteroatoms. The molecule has 6 nitrogen and oxygen atoms in total. The van der Waals surface area contributed by atoms with E-state index in [2.05, 4.69) is 87.6 Å². The lowest BCUT2D eigenvalue weighted by molar-refractivity contribution is -0.166. The van der Waals surface area contributed by atoms with Crippen molar-refractivity contribution in [1.82, 2.24) is 0 Å². The van der Waals surface area contributed by atoms with Crippen molar-refractivity contribution in [2.24, 2.45) is 0 Å². The van der Waals surface area contributed by atoms with Crippen LogP contribution < -0.4 is 0 Å². The number of hydrogen-bond donors (Lipinski definition) is 0. The summed E-state index contributed by atoms with van der Waals surface area (Å²) < 4.78 is 16.8. The van der Waals surface area contributed by atoms with Crippen LogP contribution >= 0.6 is 0 Å². The van der Waals surface area contributed by atoms with E-state index in [0.29, 0.717) is 19.3 Å². The Morgan fingerprint density at radius 1 is 0.284 bits per heavy atom. The number of hydrogen-bond acceptors (Lipinski definition) is 6. The van der Waals surface area contributed by atoms with Crippen molar-refractivity contribution in [2.45, 2.75) is 329 Å². The van der Waals surface area contributed by atoms with Gasteiger partial charge in [-0.3, -0.25) is 14.4 Å². The molecule has 428 valence electrons. The van der Waals surface area contributed by atoms with Gasteiger partial charge in [0.2, 0.25) is 0 Å². The molecular weight excluding hydrogens is 913 g/mol. The first-order valence-corrected chi connectivity index (χ1v) is 31.9. The summed E-state index contributed by atoms with van der Waals surface area (Å²) in [5, 5.41) is 0. The molecule has 0 bridgehead atoms. The van der Waals surface area contributed by atoms with E-state index in [4.69, 9.17) is 14.2 Å². The Labute approximate surface area is 459 Å². The number of rotatable bonds is 58. The van der Waals surface area contributed by atoms with Gasteiger partial charge in [-0.15, -0.1) is 0 Å². The summed E-state index contributed by atoms with van der Waals surface area (Å²) in [5.74, 6) is -0.964. The van der Waals surface area contributed by atoms with Crippen LogP contribution in [-0.2, 0) is 28.6 Å². The minimum absolute atomic E-state index is 0.0935. The van der Waals surface area contributed by atoms with Crippen molar-refractivity contribution in [1.29, 1.82) is 0 Å². The summed E-state index contributed by atoms with van der Waals surface area (Å²) in [7, 11) is 0. The van der Waals surface area contributed by atoms with Crippen LogP contribution in [0.3, 0.4) is 0 Å². The highest BCUT2D eigenvalue weighted by Gasteiger charge is 2.19. The molecule has 0 radical (unpaired) electrons. The number of ether oxygens (including phenoxy) is 3. The third kappa shape index (κ3) is 59.7. The van der Waals surface area contributed by atoms with Crippen LogP contribution in [0, 0.1) is 0 Å². The maximum absolute atomic E-state index is 12.9. The second-order valence-electron chi connectivity index (χ2n) is 21.3. The van der Waals surface area contributed by atoms with E-state index >= 15 is 0 Å². The molecule has 0 aliphatic rings. The second kappa shape index (κ2) is 62.4. The fourth-order valence-electron chi connectivity index (χ4n) is 9.20. The maximum atomic E-state index is 12.9. The van der Waals surface area contributed by atoms with Gasteiger partial charge in [0.1, 0.15) is 13.2 Å². The molecule has 0 heterocycles. The van der Waals surface area contributed by atoms with Crippen molar-refractivity contribution in [3.63, 3.8) is 0 Å². The Morgan fingerprint density at radius 3 is 0.905 bits per heavy atom. The molecule has 0 spiro atoms. The summed E-state index contributed by atoms with van der Waals surface area (Å²) in [6.45, 7) is 6.48. The van der Waals surface area contributed by atoms with Crippen LogP contribution in [-0.4, -0.2) is 37.2 Å². The molecular formula is C68H120O6. The lowest BCUT2D eigenvalue weighted by Crippen LogP contribution is -2.30. The van der Waals surface area contributed by atoms with Gasteiger partial charge in [0.25, 0.3) is 0 Å². The summed E-state index contributed by atoms with van der Waals surface area (Å²) in [4.78, 5) is 38.2. The number of esters is 3. The van der Waals surface area contributed by atoms with Gasteiger partial charge in [0.15, 0.2) is 6.10 Å². The Bertz CT molecular complexity index is 1370. The number of carbonyl (C=O) groups excluding carboxylic acids is 3. The van der Waals surface area contributed by atoms with Gasteiger partial charge >= 0.3 is 17.9 Å². The van der Waals surface area contributed by atoms with Gasteiger partial charge < -0.3 is 14.2 Å². The van der Waals surface area contributed by atoms with E-state index in [1.807, 2.05) is 6.08 Å². The third-order valence-electron chi connectivity index (χ3n) is 14.0. The predicted molar refractivity (Wildman–Crippen MR) is 321 cm³/mol. The van der Waals surface area contributed by atoms with Gasteiger partial charge in [-0.05, 0) is 77.0 Å². The minimum Gasteiger partial charge on any atom is -0.462 e. The van der Waals surface area contributed by atoms with Crippen molar-refractivity contribution in [3.05, 3.63) is 72.9 Å². The van der Waals surface area contributed by atoms with E-state index in [0.717, 1.165) is 70.6 Å². The second-order valence-corrected chi connectivity index (χ2v) is 21.3. The van der Waals surface area contributed by atoms with Gasteiger partial charge in [-0.1, -0.05) is 299 Å². The highest BCUT2D eigenvalue weighted by molar-refractivity contribution is 5.71. The number of unbranched alkanes of at least 4 members (excludes halogenated alkanes) is 35. The van der Waals surface area contributed by atoms with E-state index in [1.165, 1.54) is 205 Å². The summed E-state index contributed by atoms with van der Waals surface area (Å²) in [6, 6.07) is 0. The monoisotopic (exact) mass is 1030 g/mol. The fourth-order valence-corrected chi connectivity index (χ4v) is 9.20. The zero-order valence-corrected chi connectivity index (χ0v) is 49.1. The summed E-state index contributed by atoms with van der Waals surface area (Å²) in [6.07, 6.45) is 80.8. The molecule has 1 unspecified atom stereocenters. The Hall–Kier alpha value is -3.15. The fraction of sp³-hybridized carbons (Fsp3) is 0.779. The first kappa shape index (κ1) is 70.8. The molecule has 0 rings (SSSR count). The average Bonchev–Trinajstić information content (AvgIpc) is 3.40. The van der Waals surface area contributed by atoms with Gasteiger partial charge in [0.05, 0.1) is 0 Å². The van der Waals surface area contributed by atoms with Crippen molar-refractivity contribution in [3.8, 4) is 0 Å². The maximum Gasteiger partial charge on any atom is 0.306 e. The molecule has 0 saturated heterocycles. The van der Waals surface area contributed by atoms with Crippen LogP contribution in [0.25, 0.3) is 0 Å². The zero-order chi connectivity index (χ0) is 53.6. The van der Waals surface area contributed by atoms with Crippen LogP contribution in [0.1, 0.15) is 323 Å². The molecule has 0 aliphatic heterocycles. The van der Waals surface area contributed by atoms with E-state index < -0.39 is 6.10 Å². The Balaban J connectivity index is 4.20. The van der Waals surface area contributed by atoms with Gasteiger partial charge in [0, 0.05) is 19.3 Å². The average molecular weight is 1030 g/mol. The molecule has 0 aliphatic carbocycles. The van der Waals surface area contributed by atoms with E-state index in [9.17, 15) is 14.4 Å². The molecule has 0 aromatic carbocycles. The molecule has 1 atom stereocenters. The van der Waals surface area contributed by atoms with Crippen LogP contribution in [0.15, 0.2) is 72.9 Å². The molecule has 0 amide bonds. The van der Waals surface area contributed by atoms with Gasteiger partial charge in [-0.2, -0.15) is 0 Å². The smallest absolute Gasteiger partial charge is 0.306 e. The Morgan fingerprint density at radius 2 is 0.554 bits per heavy atom. The first-order chi connectivity index (χ1) is 36.5. The lowest BCUT2D eigenvalue weighted by Gasteiger charge is -2.18. The van der Waals surface area contributed by atoms with E-state index in [1.54, 1.807) is 0 Å². The molecule has 0 saturated carbocycles. The highest BCUT2D eigenvalue weighted by atomic mass is 16.6. The van der Waals surface area contributed by atoms with Gasteiger partial charge in [-0.25, -0.2) is 0 Å². The van der Waals surface area contributed by atoms with E-state index in [-0.39, 0.29) is 37.5 Å². The number of carbonyl (C=O) groups is 3. The zero-order valence-electron chi connectivity index (χ0n) is 49.1. The summed E-state index contributed by atoms with van der Waals surface area (Å²) in [5.41, 5.74) is 0. The third-order valence-corrected chi connectivity index (χ3v) is 14.0.